The van der Waals surface area contributed by atoms with E-state index in [2.05, 4.69) is 0 Å². The molecule has 1 aromatic carbocycles. The van der Waals surface area contributed by atoms with Crippen LogP contribution in [0.3, 0.4) is 0 Å². The summed E-state index contributed by atoms with van der Waals surface area (Å²) in [6.07, 6.45) is 6.11. The Morgan fingerprint density at radius 3 is 2.81 bits per heavy atom. The monoisotopic (exact) mass is 294 g/mol. The molecule has 0 aliphatic heterocycles. The highest BCUT2D eigenvalue weighted by Gasteiger charge is 2.23. The summed E-state index contributed by atoms with van der Waals surface area (Å²) in [4.78, 5) is 10.4. The Morgan fingerprint density at radius 1 is 1.38 bits per heavy atom. The summed E-state index contributed by atoms with van der Waals surface area (Å²) in [5.41, 5.74) is 0.487. The lowest BCUT2D eigenvalue weighted by Crippen LogP contribution is -2.29. The van der Waals surface area contributed by atoms with Gasteiger partial charge in [0.15, 0.2) is 11.6 Å². The molecule has 1 aliphatic rings. The van der Waals surface area contributed by atoms with Crippen LogP contribution in [0.15, 0.2) is 24.3 Å². The van der Waals surface area contributed by atoms with E-state index in [9.17, 15) is 9.18 Å². The van der Waals surface area contributed by atoms with Crippen LogP contribution in [0.1, 0.15) is 31.2 Å². The van der Waals surface area contributed by atoms with Gasteiger partial charge in [0.25, 0.3) is 0 Å². The van der Waals surface area contributed by atoms with Crippen molar-refractivity contribution in [1.29, 1.82) is 0 Å². The molecule has 2 rings (SSSR count). The number of benzene rings is 1. The van der Waals surface area contributed by atoms with Crippen LogP contribution >= 0.6 is 0 Å². The van der Waals surface area contributed by atoms with E-state index in [1.54, 1.807) is 13.2 Å². The molecule has 0 radical (unpaired) electrons. The van der Waals surface area contributed by atoms with Crippen molar-refractivity contribution in [2.24, 2.45) is 0 Å². The van der Waals surface area contributed by atoms with Crippen molar-refractivity contribution in [2.45, 2.75) is 37.9 Å². The highest BCUT2D eigenvalue weighted by Crippen LogP contribution is 2.27. The van der Waals surface area contributed by atoms with Gasteiger partial charge in [-0.15, -0.1) is 0 Å². The van der Waals surface area contributed by atoms with E-state index in [4.69, 9.17) is 14.6 Å². The van der Waals surface area contributed by atoms with Crippen LogP contribution in [0, 0.1) is 5.82 Å². The molecule has 1 saturated carbocycles. The van der Waals surface area contributed by atoms with Crippen molar-refractivity contribution < 1.29 is 23.8 Å². The number of aliphatic carboxylic acids is 1. The number of carbonyl (C=O) groups is 1. The van der Waals surface area contributed by atoms with Gasteiger partial charge in [0.05, 0.1) is 6.10 Å². The van der Waals surface area contributed by atoms with Gasteiger partial charge in [-0.1, -0.05) is 6.07 Å². The summed E-state index contributed by atoms with van der Waals surface area (Å²) >= 11 is 0. The molecule has 2 unspecified atom stereocenters. The molecule has 0 bridgehead atoms. The molecule has 4 nitrogen and oxygen atoms in total. The molecule has 114 valence electrons. The second kappa shape index (κ2) is 7.22. The second-order valence-electron chi connectivity index (χ2n) is 5.13. The van der Waals surface area contributed by atoms with Crippen LogP contribution < -0.4 is 4.74 Å². The van der Waals surface area contributed by atoms with Crippen molar-refractivity contribution in [3.63, 3.8) is 0 Å². The van der Waals surface area contributed by atoms with Crippen LogP contribution in [0.5, 0.6) is 5.75 Å². The van der Waals surface area contributed by atoms with E-state index in [0.29, 0.717) is 5.56 Å². The maximum atomic E-state index is 14.0. The zero-order valence-corrected chi connectivity index (χ0v) is 11.9. The fourth-order valence-corrected chi connectivity index (χ4v) is 2.49. The van der Waals surface area contributed by atoms with Crippen molar-refractivity contribution >= 4 is 12.0 Å². The predicted octanol–water partition coefficient (Wildman–Crippen LogP) is 3.26. The highest BCUT2D eigenvalue weighted by atomic mass is 19.1. The maximum absolute atomic E-state index is 14.0. The first-order valence-electron chi connectivity index (χ1n) is 6.98. The third kappa shape index (κ3) is 4.56. The minimum atomic E-state index is -1.07. The van der Waals surface area contributed by atoms with Gasteiger partial charge in [0.1, 0.15) is 6.10 Å². The molecule has 0 spiro atoms. The molecule has 21 heavy (non-hydrogen) atoms. The predicted molar refractivity (Wildman–Crippen MR) is 76.8 cm³/mol. The van der Waals surface area contributed by atoms with Gasteiger partial charge in [0.2, 0.25) is 0 Å². The molecular formula is C16H19FO4. The first kappa shape index (κ1) is 15.5. The molecule has 0 heterocycles. The van der Waals surface area contributed by atoms with E-state index in [-0.39, 0.29) is 18.0 Å². The largest absolute Gasteiger partial charge is 0.487 e. The van der Waals surface area contributed by atoms with E-state index in [0.717, 1.165) is 31.8 Å². The van der Waals surface area contributed by atoms with E-state index in [1.807, 2.05) is 0 Å². The quantitative estimate of drug-likeness (QED) is 0.847. The van der Waals surface area contributed by atoms with Crippen LogP contribution in [-0.2, 0) is 9.53 Å². The summed E-state index contributed by atoms with van der Waals surface area (Å²) in [5, 5.41) is 8.55. The van der Waals surface area contributed by atoms with Crippen molar-refractivity contribution in [3.8, 4) is 5.75 Å². The topological polar surface area (TPSA) is 55.8 Å². The van der Waals surface area contributed by atoms with E-state index >= 15 is 0 Å². The Kier molecular flexibility index (Phi) is 5.33. The lowest BCUT2D eigenvalue weighted by atomic mass is 9.95. The van der Waals surface area contributed by atoms with Crippen LogP contribution in [0.2, 0.25) is 0 Å². The summed E-state index contributed by atoms with van der Waals surface area (Å²) in [7, 11) is 1.68. The fraction of sp³-hybridized carbons (Fsp3) is 0.438. The first-order valence-corrected chi connectivity index (χ1v) is 6.98. The van der Waals surface area contributed by atoms with Crippen LogP contribution in [0.25, 0.3) is 6.08 Å². The third-order valence-electron chi connectivity index (χ3n) is 3.58. The van der Waals surface area contributed by atoms with Gasteiger partial charge < -0.3 is 14.6 Å². The summed E-state index contributed by atoms with van der Waals surface area (Å²) < 4.78 is 25.0. The van der Waals surface area contributed by atoms with Gasteiger partial charge in [-0.25, -0.2) is 9.18 Å². The lowest BCUT2D eigenvalue weighted by Gasteiger charge is -2.28. The Morgan fingerprint density at radius 2 is 2.14 bits per heavy atom. The Bertz CT molecular complexity index is 527. The zero-order chi connectivity index (χ0) is 15.2. The van der Waals surface area contributed by atoms with Gasteiger partial charge in [-0.2, -0.15) is 0 Å². The summed E-state index contributed by atoms with van der Waals surface area (Å²) in [6.45, 7) is 0. The minimum Gasteiger partial charge on any atom is -0.487 e. The van der Waals surface area contributed by atoms with Gasteiger partial charge in [-0.3, -0.25) is 0 Å². The number of carboxylic acids is 1. The molecule has 1 N–H and O–H groups in total. The Hall–Kier alpha value is -1.88. The normalized spacial score (nSPS) is 22.4. The molecule has 0 aromatic heterocycles. The van der Waals surface area contributed by atoms with E-state index in [1.165, 1.54) is 18.2 Å². The number of ether oxygens (including phenoxy) is 2. The average Bonchev–Trinajstić information content (AvgIpc) is 2.48. The van der Waals surface area contributed by atoms with Crippen LogP contribution in [0.4, 0.5) is 4.39 Å². The maximum Gasteiger partial charge on any atom is 0.328 e. The smallest absolute Gasteiger partial charge is 0.328 e. The Balaban J connectivity index is 2.02. The number of carboxylic acid groups (broad SMARTS) is 1. The van der Waals surface area contributed by atoms with Crippen molar-refractivity contribution in [2.75, 3.05) is 7.11 Å². The minimum absolute atomic E-state index is 0.0430. The van der Waals surface area contributed by atoms with E-state index < -0.39 is 11.8 Å². The number of methoxy groups -OCH3 is 1. The molecular weight excluding hydrogens is 275 g/mol. The van der Waals surface area contributed by atoms with Gasteiger partial charge in [0, 0.05) is 19.6 Å². The first-order chi connectivity index (χ1) is 10.1. The molecule has 1 aliphatic carbocycles. The second-order valence-corrected chi connectivity index (χ2v) is 5.13. The molecule has 1 aromatic rings. The average molecular weight is 294 g/mol. The number of halogens is 1. The molecule has 0 amide bonds. The lowest BCUT2D eigenvalue weighted by molar-refractivity contribution is -0.131. The Labute approximate surface area is 123 Å². The molecule has 5 heteroatoms. The van der Waals surface area contributed by atoms with Crippen LogP contribution in [-0.4, -0.2) is 30.4 Å². The third-order valence-corrected chi connectivity index (χ3v) is 3.58. The SMILES string of the molecule is COC1CCCC(Oc2ccc(/C=C/C(=O)O)cc2F)C1. The molecule has 2 atom stereocenters. The van der Waals surface area contributed by atoms with Crippen molar-refractivity contribution in [3.05, 3.63) is 35.7 Å². The molecule has 1 fully saturated rings. The number of hydrogen-bond donors (Lipinski definition) is 1. The van der Waals surface area contributed by atoms with Crippen molar-refractivity contribution in [1.82, 2.24) is 0 Å². The van der Waals surface area contributed by atoms with Gasteiger partial charge in [-0.05, 0) is 43.0 Å². The fourth-order valence-electron chi connectivity index (χ4n) is 2.49. The number of rotatable bonds is 5. The molecule has 0 saturated heterocycles. The van der Waals surface area contributed by atoms with Gasteiger partial charge >= 0.3 is 5.97 Å². The summed E-state index contributed by atoms with van der Waals surface area (Å²) in [5.74, 6) is -1.35. The zero-order valence-electron chi connectivity index (χ0n) is 11.9. The summed E-state index contributed by atoms with van der Waals surface area (Å²) in [6, 6.07) is 4.44. The number of hydrogen-bond acceptors (Lipinski definition) is 3. The standard InChI is InChI=1S/C16H19FO4/c1-20-12-3-2-4-13(10-12)21-15-7-5-11(9-14(15)17)6-8-16(18)19/h5-9,12-13H,2-4,10H2,1H3,(H,18,19)/b8-6+. The highest BCUT2D eigenvalue weighted by molar-refractivity contribution is 5.85.